The van der Waals surface area contributed by atoms with Crippen LogP contribution < -0.4 is 5.32 Å². The second-order valence-corrected chi connectivity index (χ2v) is 12.7. The van der Waals surface area contributed by atoms with E-state index in [9.17, 15) is 14.4 Å². The Labute approximate surface area is 245 Å². The van der Waals surface area contributed by atoms with Gasteiger partial charge in [0.1, 0.15) is 12.4 Å². The zero-order valence-corrected chi connectivity index (χ0v) is 26.7. The van der Waals surface area contributed by atoms with Crippen molar-refractivity contribution in [2.45, 2.75) is 149 Å². The van der Waals surface area contributed by atoms with Gasteiger partial charge in [-0.1, -0.05) is 89.6 Å². The van der Waals surface area contributed by atoms with Crippen molar-refractivity contribution in [1.29, 1.82) is 0 Å². The van der Waals surface area contributed by atoms with Crippen molar-refractivity contribution in [3.05, 3.63) is 12.2 Å². The third-order valence-electron chi connectivity index (χ3n) is 7.12. The molecule has 0 rings (SSSR count). The zero-order valence-electron chi connectivity index (χ0n) is 25.9. The van der Waals surface area contributed by atoms with Gasteiger partial charge in [-0.3, -0.25) is 9.59 Å². The smallest absolute Gasteiger partial charge is 0.306 e. The predicted octanol–water partition coefficient (Wildman–Crippen LogP) is 8.84. The molecule has 0 bridgehead atoms. The Hall–Kier alpha value is -1.14. The van der Waals surface area contributed by atoms with E-state index in [-0.39, 0.29) is 12.1 Å². The summed E-state index contributed by atoms with van der Waals surface area (Å²) >= 11 is 1.53. The van der Waals surface area contributed by atoms with Gasteiger partial charge in [0.05, 0.1) is 0 Å². The van der Waals surface area contributed by atoms with E-state index in [1.165, 1.54) is 31.0 Å². The molecular formula is C33H61NO4S. The molecular weight excluding hydrogens is 506 g/mol. The van der Waals surface area contributed by atoms with Crippen LogP contribution in [0.25, 0.3) is 0 Å². The van der Waals surface area contributed by atoms with E-state index >= 15 is 0 Å². The predicted molar refractivity (Wildman–Crippen MR) is 168 cm³/mol. The first kappa shape index (κ1) is 37.9. The van der Waals surface area contributed by atoms with Gasteiger partial charge in [0.15, 0.2) is 5.12 Å². The summed E-state index contributed by atoms with van der Waals surface area (Å²) in [4.78, 5) is 34.8. The summed E-state index contributed by atoms with van der Waals surface area (Å²) in [5.74, 6) is 2.37. The standard InChI is InChI=1S/C33H61NO4S/c1-29(2)19-17-20-30(3)25-28-39-33(37)24-15-11-8-10-14-22-31(38-32(36)23-18-26-34-4)21-13-9-6-5-7-12-16-27-35/h9,13,27,29-31,34H,5-8,10-12,14-26,28H2,1-4H3/b13-9+. The molecule has 6 heteroatoms. The van der Waals surface area contributed by atoms with Crippen molar-refractivity contribution >= 4 is 29.1 Å². The molecule has 0 radical (unpaired) electrons. The maximum Gasteiger partial charge on any atom is 0.306 e. The number of thioether (sulfide) groups is 1. The molecule has 0 aliphatic rings. The summed E-state index contributed by atoms with van der Waals surface area (Å²) in [6, 6.07) is 0. The van der Waals surface area contributed by atoms with E-state index in [1.54, 1.807) is 0 Å². The molecule has 228 valence electrons. The normalized spacial score (nSPS) is 13.2. The topological polar surface area (TPSA) is 72.5 Å². The van der Waals surface area contributed by atoms with Crippen LogP contribution in [0.1, 0.15) is 143 Å². The highest BCUT2D eigenvalue weighted by Crippen LogP contribution is 2.20. The summed E-state index contributed by atoms with van der Waals surface area (Å²) in [6.45, 7) is 7.70. The number of aldehydes is 1. The minimum absolute atomic E-state index is 0.0517. The number of allylic oxidation sites excluding steroid dienone is 1. The molecule has 2 unspecified atom stereocenters. The molecule has 2 atom stereocenters. The lowest BCUT2D eigenvalue weighted by molar-refractivity contribution is -0.149. The summed E-state index contributed by atoms with van der Waals surface area (Å²) in [7, 11) is 1.89. The van der Waals surface area contributed by atoms with Crippen LogP contribution in [0.3, 0.4) is 0 Å². The van der Waals surface area contributed by atoms with Crippen molar-refractivity contribution in [1.82, 2.24) is 5.32 Å². The first-order valence-corrected chi connectivity index (χ1v) is 17.0. The first-order valence-electron chi connectivity index (χ1n) is 16.0. The number of esters is 1. The van der Waals surface area contributed by atoms with Gasteiger partial charge in [-0.05, 0) is 76.8 Å². The van der Waals surface area contributed by atoms with Gasteiger partial charge in [-0.15, -0.1) is 0 Å². The quantitative estimate of drug-likeness (QED) is 0.0441. The third kappa shape index (κ3) is 28.2. The Kier molecular flexibility index (Phi) is 27.6. The number of nitrogens with one attached hydrogen (secondary N) is 1. The fourth-order valence-corrected chi connectivity index (χ4v) is 5.58. The number of carbonyl (C=O) groups is 3. The van der Waals surface area contributed by atoms with Crippen LogP contribution in [-0.4, -0.2) is 42.8 Å². The van der Waals surface area contributed by atoms with E-state index in [0.29, 0.717) is 24.4 Å². The fraction of sp³-hybridized carbons (Fsp3) is 0.848. The average molecular weight is 568 g/mol. The van der Waals surface area contributed by atoms with Crippen LogP contribution >= 0.6 is 11.8 Å². The molecule has 0 spiro atoms. The Morgan fingerprint density at radius 3 is 2.23 bits per heavy atom. The Morgan fingerprint density at radius 2 is 1.49 bits per heavy atom. The lowest BCUT2D eigenvalue weighted by atomic mass is 9.98. The third-order valence-corrected chi connectivity index (χ3v) is 8.09. The largest absolute Gasteiger partial charge is 0.462 e. The lowest BCUT2D eigenvalue weighted by Crippen LogP contribution is -2.19. The minimum atomic E-state index is -0.0986. The summed E-state index contributed by atoms with van der Waals surface area (Å²) in [5.41, 5.74) is 0. The molecule has 5 nitrogen and oxygen atoms in total. The van der Waals surface area contributed by atoms with Crippen LogP contribution in [-0.2, 0) is 19.1 Å². The SMILES string of the molecule is CNCCCC(=O)OC(C/C=C/CCCCCC=O)CCCCCCCC(=O)SCCC(C)CCCC(C)C. The number of carbonyl (C=O) groups excluding carboxylic acids is 3. The highest BCUT2D eigenvalue weighted by Gasteiger charge is 2.13. The monoisotopic (exact) mass is 567 g/mol. The fourth-order valence-electron chi connectivity index (χ4n) is 4.55. The number of ether oxygens (including phenoxy) is 1. The van der Waals surface area contributed by atoms with Gasteiger partial charge in [0.25, 0.3) is 0 Å². The molecule has 0 aromatic rings. The van der Waals surface area contributed by atoms with Gasteiger partial charge in [-0.2, -0.15) is 0 Å². The summed E-state index contributed by atoms with van der Waals surface area (Å²) in [6.07, 6.45) is 24.1. The number of rotatable bonds is 28. The summed E-state index contributed by atoms with van der Waals surface area (Å²) in [5, 5.41) is 3.42. The average Bonchev–Trinajstić information content (AvgIpc) is 2.89. The van der Waals surface area contributed by atoms with Crippen LogP contribution in [0, 0.1) is 11.8 Å². The second-order valence-electron chi connectivity index (χ2n) is 11.6. The van der Waals surface area contributed by atoms with Crippen LogP contribution in [0.5, 0.6) is 0 Å². The van der Waals surface area contributed by atoms with Crippen molar-refractivity contribution < 1.29 is 19.1 Å². The molecule has 0 aromatic heterocycles. The van der Waals surface area contributed by atoms with Gasteiger partial charge in [0.2, 0.25) is 0 Å². The van der Waals surface area contributed by atoms with Gasteiger partial charge < -0.3 is 14.8 Å². The van der Waals surface area contributed by atoms with Gasteiger partial charge in [-0.25, -0.2) is 0 Å². The van der Waals surface area contributed by atoms with Crippen molar-refractivity contribution in [2.24, 2.45) is 11.8 Å². The molecule has 39 heavy (non-hydrogen) atoms. The van der Waals surface area contributed by atoms with Crippen molar-refractivity contribution in [2.75, 3.05) is 19.3 Å². The van der Waals surface area contributed by atoms with Crippen LogP contribution in [0.4, 0.5) is 0 Å². The highest BCUT2D eigenvalue weighted by atomic mass is 32.2. The van der Waals surface area contributed by atoms with Crippen LogP contribution in [0.15, 0.2) is 12.2 Å². The van der Waals surface area contributed by atoms with Crippen molar-refractivity contribution in [3.63, 3.8) is 0 Å². The molecule has 0 aliphatic heterocycles. The molecule has 0 saturated carbocycles. The van der Waals surface area contributed by atoms with Gasteiger partial charge >= 0.3 is 5.97 Å². The van der Waals surface area contributed by atoms with Crippen molar-refractivity contribution in [3.8, 4) is 0 Å². The lowest BCUT2D eigenvalue weighted by Gasteiger charge is -2.16. The maximum atomic E-state index is 12.2. The molecule has 0 fully saturated rings. The van der Waals surface area contributed by atoms with E-state index < -0.39 is 0 Å². The van der Waals surface area contributed by atoms with E-state index in [0.717, 1.165) is 114 Å². The van der Waals surface area contributed by atoms with Gasteiger partial charge in [0, 0.05) is 31.4 Å². The zero-order chi connectivity index (χ0) is 29.0. The number of hydrogen-bond acceptors (Lipinski definition) is 6. The summed E-state index contributed by atoms with van der Waals surface area (Å²) < 4.78 is 5.80. The maximum absolute atomic E-state index is 12.2. The molecule has 0 aromatic carbocycles. The molecule has 0 heterocycles. The molecule has 0 saturated heterocycles. The number of unbranched alkanes of at least 4 members (excludes halogenated alkanes) is 8. The second kappa shape index (κ2) is 28.4. The highest BCUT2D eigenvalue weighted by molar-refractivity contribution is 8.13. The van der Waals surface area contributed by atoms with E-state index in [2.05, 4.69) is 38.2 Å². The Bertz CT molecular complexity index is 623. The molecule has 0 aliphatic carbocycles. The first-order chi connectivity index (χ1) is 18.9. The molecule has 0 amide bonds. The number of hydrogen-bond donors (Lipinski definition) is 1. The van der Waals surface area contributed by atoms with E-state index in [4.69, 9.17) is 4.74 Å². The van der Waals surface area contributed by atoms with Crippen LogP contribution in [0.2, 0.25) is 0 Å². The Morgan fingerprint density at radius 1 is 0.769 bits per heavy atom. The minimum Gasteiger partial charge on any atom is -0.462 e. The van der Waals surface area contributed by atoms with E-state index in [1.807, 2.05) is 7.05 Å². The molecule has 1 N–H and O–H groups in total. The Balaban J connectivity index is 4.05.